The third-order valence-electron chi connectivity index (χ3n) is 5.65. The number of aromatic nitrogens is 1. The summed E-state index contributed by atoms with van der Waals surface area (Å²) in [4.78, 5) is 17.8. The van der Waals surface area contributed by atoms with Gasteiger partial charge >= 0.3 is 5.97 Å². The predicted octanol–water partition coefficient (Wildman–Crippen LogP) is 4.38. The number of allylic oxidation sites excluding steroid dienone is 1. The number of hydrogen-bond acceptors (Lipinski definition) is 9. The third-order valence-corrected chi connectivity index (χ3v) is 6.58. The fourth-order valence-corrected chi connectivity index (χ4v) is 4.87. The van der Waals surface area contributed by atoms with Gasteiger partial charge in [0.05, 0.1) is 34.4 Å². The highest BCUT2D eigenvalue weighted by Crippen LogP contribution is 2.44. The minimum Gasteiger partial charge on any atom is -0.463 e. The molecule has 1 atom stereocenters. The highest BCUT2D eigenvalue weighted by atomic mass is 32.2. The molecule has 5 rings (SSSR count). The Labute approximate surface area is 205 Å². The van der Waals surface area contributed by atoms with E-state index in [0.717, 1.165) is 15.9 Å². The van der Waals surface area contributed by atoms with Crippen LogP contribution in [0.1, 0.15) is 18.4 Å². The quantitative estimate of drug-likeness (QED) is 0.399. The number of pyridine rings is 1. The van der Waals surface area contributed by atoms with Crippen LogP contribution in [0.25, 0.3) is 10.9 Å². The molecular formula is C26H21N3O5S. The van der Waals surface area contributed by atoms with Gasteiger partial charge in [0, 0.05) is 5.39 Å². The molecule has 8 nitrogen and oxygen atoms in total. The first-order chi connectivity index (χ1) is 17.1. The van der Waals surface area contributed by atoms with Crippen LogP contribution in [0.15, 0.2) is 82.4 Å². The SMILES string of the molecule is CCOC(=O)C1=C(CSc2ccc3ccccc3n2)OC(N)=C(C#N)C1c1ccc2c(c1)OCO2. The van der Waals surface area contributed by atoms with Crippen LogP contribution >= 0.6 is 11.8 Å². The van der Waals surface area contributed by atoms with Crippen molar-refractivity contribution in [2.45, 2.75) is 17.9 Å². The Morgan fingerprint density at radius 3 is 2.86 bits per heavy atom. The van der Waals surface area contributed by atoms with Crippen molar-refractivity contribution >= 4 is 28.6 Å². The number of nitriles is 1. The number of hydrogen-bond donors (Lipinski definition) is 1. The first kappa shape index (κ1) is 22.6. The average Bonchev–Trinajstić information content (AvgIpc) is 3.35. The van der Waals surface area contributed by atoms with Crippen molar-refractivity contribution in [2.75, 3.05) is 19.2 Å². The topological polar surface area (TPSA) is 117 Å². The number of carbonyl (C=O) groups excluding carboxylic acids is 1. The molecule has 1 aromatic heterocycles. The van der Waals surface area contributed by atoms with Crippen LogP contribution < -0.4 is 15.2 Å². The van der Waals surface area contributed by atoms with Crippen LogP contribution in [-0.4, -0.2) is 30.1 Å². The number of nitrogens with zero attached hydrogens (tertiary/aromatic N) is 2. The van der Waals surface area contributed by atoms with Crippen molar-refractivity contribution < 1.29 is 23.7 Å². The molecule has 0 saturated carbocycles. The molecule has 0 saturated heterocycles. The number of benzene rings is 2. The van der Waals surface area contributed by atoms with Gasteiger partial charge in [-0.2, -0.15) is 5.26 Å². The summed E-state index contributed by atoms with van der Waals surface area (Å²) >= 11 is 1.40. The lowest BCUT2D eigenvalue weighted by Gasteiger charge is -2.28. The molecule has 0 radical (unpaired) electrons. The Balaban J connectivity index is 1.54. The second-order valence-electron chi connectivity index (χ2n) is 7.73. The summed E-state index contributed by atoms with van der Waals surface area (Å²) < 4.78 is 22.1. The van der Waals surface area contributed by atoms with Gasteiger partial charge in [-0.25, -0.2) is 9.78 Å². The second-order valence-corrected chi connectivity index (χ2v) is 8.72. The Bertz CT molecular complexity index is 1430. The first-order valence-corrected chi connectivity index (χ1v) is 11.9. The van der Waals surface area contributed by atoms with Crippen LogP contribution in [0.3, 0.4) is 0 Å². The molecule has 0 aliphatic carbocycles. The number of fused-ring (bicyclic) bond motifs is 2. The molecule has 35 heavy (non-hydrogen) atoms. The molecule has 0 spiro atoms. The van der Waals surface area contributed by atoms with Gasteiger partial charge in [0.1, 0.15) is 17.4 Å². The zero-order valence-electron chi connectivity index (χ0n) is 18.8. The summed E-state index contributed by atoms with van der Waals surface area (Å²) in [6.07, 6.45) is 0. The number of thioether (sulfide) groups is 1. The van der Waals surface area contributed by atoms with Crippen molar-refractivity contribution in [3.05, 3.63) is 82.9 Å². The fraction of sp³-hybridized carbons (Fsp3) is 0.192. The van der Waals surface area contributed by atoms with E-state index in [9.17, 15) is 10.1 Å². The van der Waals surface area contributed by atoms with Gasteiger partial charge in [0.2, 0.25) is 12.7 Å². The number of carbonyl (C=O) groups is 1. The summed E-state index contributed by atoms with van der Waals surface area (Å²) in [6, 6.07) is 19.1. The Kier molecular flexibility index (Phi) is 6.21. The fourth-order valence-electron chi connectivity index (χ4n) is 4.05. The molecule has 2 aliphatic heterocycles. The first-order valence-electron chi connectivity index (χ1n) is 10.9. The van der Waals surface area contributed by atoms with Gasteiger partial charge in [-0.15, -0.1) is 0 Å². The predicted molar refractivity (Wildman–Crippen MR) is 129 cm³/mol. The van der Waals surface area contributed by atoms with Crippen molar-refractivity contribution in [1.29, 1.82) is 5.26 Å². The van der Waals surface area contributed by atoms with Crippen LogP contribution in [0.4, 0.5) is 0 Å². The van der Waals surface area contributed by atoms with E-state index in [1.165, 1.54) is 11.8 Å². The van der Waals surface area contributed by atoms with Crippen LogP contribution in [0.5, 0.6) is 11.5 Å². The van der Waals surface area contributed by atoms with E-state index in [0.29, 0.717) is 22.8 Å². The summed E-state index contributed by atoms with van der Waals surface area (Å²) in [5.41, 5.74) is 8.04. The van der Waals surface area contributed by atoms with E-state index in [2.05, 4.69) is 11.1 Å². The Hall–Kier alpha value is -4.16. The maximum Gasteiger partial charge on any atom is 0.338 e. The lowest BCUT2D eigenvalue weighted by atomic mass is 9.83. The number of ether oxygens (including phenoxy) is 4. The standard InChI is InChI=1S/C26H21N3O5S/c1-2-31-26(30)24-21(13-35-22-10-8-15-5-3-4-6-18(15)29-22)34-25(28)17(12-27)23(24)16-7-9-19-20(11-16)33-14-32-19/h3-11,23H,2,13-14,28H2,1H3. The van der Waals surface area contributed by atoms with E-state index >= 15 is 0 Å². The maximum absolute atomic E-state index is 13.2. The molecule has 9 heteroatoms. The largest absolute Gasteiger partial charge is 0.463 e. The molecule has 3 heterocycles. The molecule has 1 unspecified atom stereocenters. The van der Waals surface area contributed by atoms with Gasteiger partial charge in [-0.1, -0.05) is 42.1 Å². The van der Waals surface area contributed by atoms with E-state index < -0.39 is 11.9 Å². The summed E-state index contributed by atoms with van der Waals surface area (Å²) in [5, 5.41) is 11.7. The minimum atomic E-state index is -0.775. The van der Waals surface area contributed by atoms with Gasteiger partial charge in [0.15, 0.2) is 11.5 Å². The third kappa shape index (κ3) is 4.36. The van der Waals surface area contributed by atoms with Gasteiger partial charge in [-0.05, 0) is 36.8 Å². The van der Waals surface area contributed by atoms with Gasteiger partial charge < -0.3 is 24.7 Å². The molecule has 0 fully saturated rings. The zero-order chi connectivity index (χ0) is 24.4. The maximum atomic E-state index is 13.2. The molecule has 3 aromatic rings. The van der Waals surface area contributed by atoms with Crippen LogP contribution in [-0.2, 0) is 14.3 Å². The summed E-state index contributed by atoms with van der Waals surface area (Å²) in [6.45, 7) is 2.00. The molecule has 2 N–H and O–H groups in total. The van der Waals surface area contributed by atoms with Crippen LogP contribution in [0, 0.1) is 11.3 Å². The van der Waals surface area contributed by atoms with E-state index in [4.69, 9.17) is 24.7 Å². The smallest absolute Gasteiger partial charge is 0.338 e. The molecule has 0 bridgehead atoms. The Morgan fingerprint density at radius 1 is 1.20 bits per heavy atom. The second kappa shape index (κ2) is 9.60. The van der Waals surface area contributed by atoms with Gasteiger partial charge in [-0.3, -0.25) is 0 Å². The highest BCUT2D eigenvalue weighted by molar-refractivity contribution is 7.99. The van der Waals surface area contributed by atoms with Crippen molar-refractivity contribution in [2.24, 2.45) is 5.73 Å². The zero-order valence-corrected chi connectivity index (χ0v) is 19.6. The monoisotopic (exact) mass is 487 g/mol. The molecule has 2 aromatic carbocycles. The Morgan fingerprint density at radius 2 is 2.03 bits per heavy atom. The average molecular weight is 488 g/mol. The number of esters is 1. The number of para-hydroxylation sites is 1. The summed E-state index contributed by atoms with van der Waals surface area (Å²) in [5.74, 6) is 0.313. The normalized spacial score (nSPS) is 16.7. The summed E-state index contributed by atoms with van der Waals surface area (Å²) in [7, 11) is 0. The highest BCUT2D eigenvalue weighted by Gasteiger charge is 2.38. The molecule has 2 aliphatic rings. The lowest BCUT2D eigenvalue weighted by molar-refractivity contribution is -0.139. The van der Waals surface area contributed by atoms with Gasteiger partial charge in [0.25, 0.3) is 0 Å². The molecule has 176 valence electrons. The lowest BCUT2D eigenvalue weighted by Crippen LogP contribution is -2.27. The minimum absolute atomic E-state index is 0.0507. The molecular weight excluding hydrogens is 466 g/mol. The van der Waals surface area contributed by atoms with Crippen molar-refractivity contribution in [3.63, 3.8) is 0 Å². The van der Waals surface area contributed by atoms with Crippen LogP contribution in [0.2, 0.25) is 0 Å². The van der Waals surface area contributed by atoms with Crippen molar-refractivity contribution in [1.82, 2.24) is 4.98 Å². The van der Waals surface area contributed by atoms with E-state index in [1.54, 1.807) is 25.1 Å². The van der Waals surface area contributed by atoms with E-state index in [1.807, 2.05) is 36.4 Å². The number of rotatable bonds is 6. The number of nitrogens with two attached hydrogens (primary N) is 1. The van der Waals surface area contributed by atoms with E-state index in [-0.39, 0.29) is 36.2 Å². The molecule has 0 amide bonds. The van der Waals surface area contributed by atoms with Crippen molar-refractivity contribution in [3.8, 4) is 17.6 Å².